The van der Waals surface area contributed by atoms with Crippen LogP contribution in [0.4, 0.5) is 0 Å². The number of carboxylic acid groups (broad SMARTS) is 1. The highest BCUT2D eigenvalue weighted by Crippen LogP contribution is 2.16. The lowest BCUT2D eigenvalue weighted by Crippen LogP contribution is -2.40. The molecule has 5 heteroatoms. The van der Waals surface area contributed by atoms with E-state index in [1.807, 2.05) is 0 Å². The Morgan fingerprint density at radius 1 is 1.41 bits per heavy atom. The van der Waals surface area contributed by atoms with Gasteiger partial charge in [-0.3, -0.25) is 4.79 Å². The van der Waals surface area contributed by atoms with Gasteiger partial charge in [-0.1, -0.05) is 0 Å². The lowest BCUT2D eigenvalue weighted by Gasteiger charge is -2.32. The molecular weight excluding hydrogens is 220 g/mol. The summed E-state index contributed by atoms with van der Waals surface area (Å²) in [7, 11) is 0. The fraction of sp³-hybridized carbons (Fsp3) is 0.917. The second-order valence-corrected chi connectivity index (χ2v) is 4.76. The van der Waals surface area contributed by atoms with Crippen molar-refractivity contribution >= 4 is 5.97 Å². The molecule has 0 aromatic carbocycles. The Kier molecular flexibility index (Phi) is 7.16. The van der Waals surface area contributed by atoms with E-state index in [0.29, 0.717) is 5.92 Å². The maximum atomic E-state index is 10.4. The monoisotopic (exact) mass is 244 g/mol. The topological polar surface area (TPSA) is 72.8 Å². The summed E-state index contributed by atoms with van der Waals surface area (Å²) in [4.78, 5) is 12.8. The first-order valence-electron chi connectivity index (χ1n) is 6.48. The first kappa shape index (κ1) is 14.4. The Hall–Kier alpha value is -0.650. The Bertz CT molecular complexity index is 224. The minimum Gasteiger partial charge on any atom is -0.480 e. The largest absolute Gasteiger partial charge is 0.480 e. The molecule has 0 spiro atoms. The van der Waals surface area contributed by atoms with Crippen molar-refractivity contribution in [2.24, 2.45) is 5.92 Å². The fourth-order valence-electron chi connectivity index (χ4n) is 2.35. The van der Waals surface area contributed by atoms with Crippen LogP contribution < -0.4 is 5.32 Å². The zero-order chi connectivity index (χ0) is 12.5. The molecule has 0 bridgehead atoms. The highest BCUT2D eigenvalue weighted by atomic mass is 16.4. The van der Waals surface area contributed by atoms with E-state index in [4.69, 9.17) is 10.2 Å². The number of nitrogens with zero attached hydrogens (tertiary/aromatic N) is 1. The molecule has 1 atom stereocenters. The van der Waals surface area contributed by atoms with Crippen molar-refractivity contribution in [3.8, 4) is 0 Å². The van der Waals surface area contributed by atoms with Crippen LogP contribution >= 0.6 is 0 Å². The molecule has 5 nitrogen and oxygen atoms in total. The predicted octanol–water partition coefficient (Wildman–Crippen LogP) is 0.145. The summed E-state index contributed by atoms with van der Waals surface area (Å²) in [5.74, 6) is -0.224. The van der Waals surface area contributed by atoms with Gasteiger partial charge in [-0.2, -0.15) is 0 Å². The minimum atomic E-state index is -0.791. The number of unbranched alkanes of at least 4 members (excludes halogenated alkanes) is 1. The van der Waals surface area contributed by atoms with Gasteiger partial charge in [-0.05, 0) is 51.2 Å². The number of piperidine rings is 1. The Balaban J connectivity index is 2.12. The molecule has 1 aliphatic heterocycles. The van der Waals surface area contributed by atoms with E-state index in [-0.39, 0.29) is 13.2 Å². The molecule has 0 aromatic heterocycles. The van der Waals surface area contributed by atoms with E-state index in [1.165, 1.54) is 12.8 Å². The number of aliphatic hydroxyl groups is 1. The quantitative estimate of drug-likeness (QED) is 0.530. The molecule has 1 heterocycles. The number of rotatable bonds is 8. The normalized spacial score (nSPS) is 21.6. The molecule has 3 N–H and O–H groups in total. The van der Waals surface area contributed by atoms with Crippen molar-refractivity contribution in [2.45, 2.75) is 25.7 Å². The summed E-state index contributed by atoms with van der Waals surface area (Å²) in [6.07, 6.45) is 4.30. The predicted molar refractivity (Wildman–Crippen MR) is 66.0 cm³/mol. The first-order chi connectivity index (χ1) is 8.22. The summed E-state index contributed by atoms with van der Waals surface area (Å²) in [5, 5.41) is 20.2. The number of nitrogens with one attached hydrogen (secondary N) is 1. The molecule has 0 amide bonds. The molecule has 17 heavy (non-hydrogen) atoms. The maximum Gasteiger partial charge on any atom is 0.317 e. The van der Waals surface area contributed by atoms with Crippen molar-refractivity contribution < 1.29 is 15.0 Å². The number of likely N-dealkylation sites (tertiary alicyclic amines) is 1. The number of hydrogen-bond acceptors (Lipinski definition) is 4. The average molecular weight is 244 g/mol. The molecule has 0 radical (unpaired) electrons. The van der Waals surface area contributed by atoms with Crippen LogP contribution in [0.25, 0.3) is 0 Å². The third-order valence-electron chi connectivity index (χ3n) is 3.19. The minimum absolute atomic E-state index is 0.0566. The summed E-state index contributed by atoms with van der Waals surface area (Å²) >= 11 is 0. The van der Waals surface area contributed by atoms with Crippen LogP contribution in [0.2, 0.25) is 0 Å². The summed E-state index contributed by atoms with van der Waals surface area (Å²) < 4.78 is 0. The van der Waals surface area contributed by atoms with Crippen LogP contribution in [0.1, 0.15) is 25.7 Å². The van der Waals surface area contributed by atoms with Crippen LogP contribution in [0, 0.1) is 5.92 Å². The zero-order valence-electron chi connectivity index (χ0n) is 10.4. The maximum absolute atomic E-state index is 10.4. The van der Waals surface area contributed by atoms with Gasteiger partial charge >= 0.3 is 5.97 Å². The Labute approximate surface area is 103 Å². The van der Waals surface area contributed by atoms with Gasteiger partial charge in [0.1, 0.15) is 0 Å². The van der Waals surface area contributed by atoms with Crippen molar-refractivity contribution in [1.29, 1.82) is 0 Å². The van der Waals surface area contributed by atoms with Gasteiger partial charge in [0.15, 0.2) is 0 Å². The SMILES string of the molecule is O=C(O)CNCC1CCCN(CCCCO)C1. The molecule has 1 unspecified atom stereocenters. The van der Waals surface area contributed by atoms with Crippen LogP contribution in [0.3, 0.4) is 0 Å². The van der Waals surface area contributed by atoms with Gasteiger partial charge in [0.25, 0.3) is 0 Å². The van der Waals surface area contributed by atoms with E-state index in [0.717, 1.165) is 39.0 Å². The van der Waals surface area contributed by atoms with E-state index >= 15 is 0 Å². The Morgan fingerprint density at radius 3 is 2.94 bits per heavy atom. The average Bonchev–Trinajstić information content (AvgIpc) is 2.29. The standard InChI is InChI=1S/C12H24N2O3/c15-7-2-1-5-14-6-3-4-11(10-14)8-13-9-12(16)17/h11,13,15H,1-10H2,(H,16,17). The van der Waals surface area contributed by atoms with E-state index < -0.39 is 5.97 Å². The lowest BCUT2D eigenvalue weighted by atomic mass is 9.98. The van der Waals surface area contributed by atoms with Gasteiger partial charge in [-0.15, -0.1) is 0 Å². The highest BCUT2D eigenvalue weighted by Gasteiger charge is 2.19. The van der Waals surface area contributed by atoms with Crippen molar-refractivity contribution in [3.63, 3.8) is 0 Å². The third-order valence-corrected chi connectivity index (χ3v) is 3.19. The van der Waals surface area contributed by atoms with Gasteiger partial charge in [0.05, 0.1) is 6.54 Å². The van der Waals surface area contributed by atoms with Crippen molar-refractivity contribution in [3.05, 3.63) is 0 Å². The number of aliphatic hydroxyl groups excluding tert-OH is 1. The van der Waals surface area contributed by atoms with Crippen molar-refractivity contribution in [1.82, 2.24) is 10.2 Å². The molecule has 0 saturated carbocycles. The number of carboxylic acids is 1. The number of hydrogen-bond donors (Lipinski definition) is 3. The first-order valence-corrected chi connectivity index (χ1v) is 6.48. The second-order valence-electron chi connectivity index (χ2n) is 4.76. The van der Waals surface area contributed by atoms with E-state index in [9.17, 15) is 4.79 Å². The zero-order valence-corrected chi connectivity index (χ0v) is 10.4. The van der Waals surface area contributed by atoms with Crippen LogP contribution in [0.5, 0.6) is 0 Å². The van der Waals surface area contributed by atoms with Crippen LogP contribution in [0.15, 0.2) is 0 Å². The Morgan fingerprint density at radius 2 is 2.24 bits per heavy atom. The molecule has 1 fully saturated rings. The molecule has 0 aromatic rings. The summed E-state index contributed by atoms with van der Waals surface area (Å²) in [6.45, 7) is 4.37. The number of carbonyl (C=O) groups is 1. The molecule has 0 aliphatic carbocycles. The summed E-state index contributed by atoms with van der Waals surface area (Å²) in [6, 6.07) is 0. The molecular formula is C12H24N2O3. The second kappa shape index (κ2) is 8.44. The lowest BCUT2D eigenvalue weighted by molar-refractivity contribution is -0.136. The van der Waals surface area contributed by atoms with Gasteiger partial charge in [-0.25, -0.2) is 0 Å². The molecule has 1 saturated heterocycles. The smallest absolute Gasteiger partial charge is 0.317 e. The molecule has 100 valence electrons. The fourth-order valence-corrected chi connectivity index (χ4v) is 2.35. The van der Waals surface area contributed by atoms with Crippen LogP contribution in [-0.2, 0) is 4.79 Å². The van der Waals surface area contributed by atoms with E-state index in [2.05, 4.69) is 10.2 Å². The van der Waals surface area contributed by atoms with Gasteiger partial charge in [0.2, 0.25) is 0 Å². The van der Waals surface area contributed by atoms with Crippen LogP contribution in [-0.4, -0.2) is 60.4 Å². The van der Waals surface area contributed by atoms with Crippen molar-refractivity contribution in [2.75, 3.05) is 39.3 Å². The van der Waals surface area contributed by atoms with Gasteiger partial charge < -0.3 is 20.4 Å². The molecule has 1 aliphatic rings. The third kappa shape index (κ3) is 6.61. The summed E-state index contributed by atoms with van der Waals surface area (Å²) in [5.41, 5.74) is 0. The van der Waals surface area contributed by atoms with E-state index in [1.54, 1.807) is 0 Å². The number of aliphatic carboxylic acids is 1. The molecule has 1 rings (SSSR count). The highest BCUT2D eigenvalue weighted by molar-refractivity contribution is 5.68. The van der Waals surface area contributed by atoms with Gasteiger partial charge in [0, 0.05) is 13.2 Å².